The lowest BCUT2D eigenvalue weighted by Gasteiger charge is -2.11. The van der Waals surface area contributed by atoms with Crippen molar-refractivity contribution in [2.24, 2.45) is 5.41 Å². The van der Waals surface area contributed by atoms with E-state index in [4.69, 9.17) is 0 Å². The van der Waals surface area contributed by atoms with Gasteiger partial charge in [0.25, 0.3) is 0 Å². The number of hydrogen-bond acceptors (Lipinski definition) is 4. The molecular formula is C15H22O4S. The van der Waals surface area contributed by atoms with Crippen molar-refractivity contribution in [3.05, 3.63) is 35.4 Å². The summed E-state index contributed by atoms with van der Waals surface area (Å²) in [5.74, 6) is -0.281. The van der Waals surface area contributed by atoms with Gasteiger partial charge in [-0.25, -0.2) is 8.42 Å². The molecule has 0 unspecified atom stereocenters. The lowest BCUT2D eigenvalue weighted by Crippen LogP contribution is -2.23. The van der Waals surface area contributed by atoms with Crippen molar-refractivity contribution in [3.63, 3.8) is 0 Å². The number of benzene rings is 1. The lowest BCUT2D eigenvalue weighted by molar-refractivity contribution is 0.130. The van der Waals surface area contributed by atoms with E-state index in [1.807, 2.05) is 24.3 Å². The summed E-state index contributed by atoms with van der Waals surface area (Å²) in [6, 6.07) is 7.77. The van der Waals surface area contributed by atoms with Gasteiger partial charge in [0.2, 0.25) is 0 Å². The van der Waals surface area contributed by atoms with E-state index in [-0.39, 0.29) is 24.9 Å². The highest BCUT2D eigenvalue weighted by Gasteiger charge is 2.69. The number of hydrogen-bond donors (Lipinski definition) is 2. The molecule has 2 rings (SSSR count). The standard InChI is InChI=1S/C15H22O4S/c1-3-11-5-7-12(8-6-11)13-14(20(18,19)4-2)15(13,9-16)10-17/h5-8,13-14,16-17H,3-4,9-10H2,1-2H3/t13-,14+/m1/s1. The molecule has 0 aliphatic heterocycles. The van der Waals surface area contributed by atoms with Gasteiger partial charge in [-0.3, -0.25) is 0 Å². The molecule has 0 aromatic heterocycles. The zero-order chi connectivity index (χ0) is 15.0. The van der Waals surface area contributed by atoms with Crippen LogP contribution in [0.25, 0.3) is 0 Å². The average Bonchev–Trinajstić information content (AvgIpc) is 3.18. The number of aryl methyl sites for hydroxylation is 1. The van der Waals surface area contributed by atoms with Crippen molar-refractivity contribution in [2.75, 3.05) is 19.0 Å². The largest absolute Gasteiger partial charge is 0.396 e. The van der Waals surface area contributed by atoms with Crippen LogP contribution in [0.1, 0.15) is 30.9 Å². The average molecular weight is 298 g/mol. The van der Waals surface area contributed by atoms with Crippen molar-refractivity contribution in [2.45, 2.75) is 31.4 Å². The topological polar surface area (TPSA) is 74.6 Å². The number of rotatable bonds is 6. The molecule has 1 saturated carbocycles. The van der Waals surface area contributed by atoms with E-state index in [1.54, 1.807) is 6.92 Å². The van der Waals surface area contributed by atoms with E-state index in [0.717, 1.165) is 12.0 Å². The Morgan fingerprint density at radius 3 is 2.05 bits per heavy atom. The first-order chi connectivity index (χ1) is 9.46. The smallest absolute Gasteiger partial charge is 0.154 e. The first-order valence-corrected chi connectivity index (χ1v) is 8.70. The van der Waals surface area contributed by atoms with Crippen molar-refractivity contribution >= 4 is 9.84 Å². The molecule has 5 heteroatoms. The van der Waals surface area contributed by atoms with Gasteiger partial charge in [-0.1, -0.05) is 38.1 Å². The summed E-state index contributed by atoms with van der Waals surface area (Å²) >= 11 is 0. The number of aliphatic hydroxyl groups excluding tert-OH is 2. The van der Waals surface area contributed by atoms with Crippen LogP contribution in [0.2, 0.25) is 0 Å². The Morgan fingerprint density at radius 1 is 1.10 bits per heavy atom. The molecule has 0 spiro atoms. The molecule has 0 radical (unpaired) electrons. The van der Waals surface area contributed by atoms with Crippen LogP contribution in [-0.4, -0.2) is 42.8 Å². The number of aliphatic hydroxyl groups is 2. The molecule has 1 fully saturated rings. The second-order valence-electron chi connectivity index (χ2n) is 5.49. The summed E-state index contributed by atoms with van der Waals surface area (Å²) in [6.45, 7) is 3.04. The minimum absolute atomic E-state index is 0.0307. The molecule has 1 aromatic rings. The van der Waals surface area contributed by atoms with Gasteiger partial charge < -0.3 is 10.2 Å². The van der Waals surface area contributed by atoms with Crippen LogP contribution in [0.4, 0.5) is 0 Å². The highest BCUT2D eigenvalue weighted by molar-refractivity contribution is 7.92. The zero-order valence-electron chi connectivity index (χ0n) is 11.9. The molecule has 1 aliphatic rings. The zero-order valence-corrected chi connectivity index (χ0v) is 12.7. The molecule has 112 valence electrons. The maximum atomic E-state index is 12.2. The van der Waals surface area contributed by atoms with Gasteiger partial charge in [0.1, 0.15) is 0 Å². The third-order valence-electron chi connectivity index (χ3n) is 4.50. The fourth-order valence-corrected chi connectivity index (χ4v) is 5.23. The van der Waals surface area contributed by atoms with Crippen LogP contribution >= 0.6 is 0 Å². The van der Waals surface area contributed by atoms with E-state index >= 15 is 0 Å². The van der Waals surface area contributed by atoms with Crippen LogP contribution in [0.15, 0.2) is 24.3 Å². The summed E-state index contributed by atoms with van der Waals surface area (Å²) in [5, 5.41) is 18.5. The minimum atomic E-state index is -3.29. The third-order valence-corrected chi connectivity index (χ3v) is 6.82. The molecule has 0 saturated heterocycles. The first kappa shape index (κ1) is 15.5. The Hall–Kier alpha value is -0.910. The highest BCUT2D eigenvalue weighted by Crippen LogP contribution is 2.62. The fraction of sp³-hybridized carbons (Fsp3) is 0.600. The predicted molar refractivity (Wildman–Crippen MR) is 78.4 cm³/mol. The summed E-state index contributed by atoms with van der Waals surface area (Å²) in [5.41, 5.74) is 1.14. The normalized spacial score (nSPS) is 24.6. The Balaban J connectivity index is 2.38. The Morgan fingerprint density at radius 2 is 1.65 bits per heavy atom. The van der Waals surface area contributed by atoms with Gasteiger partial charge >= 0.3 is 0 Å². The van der Waals surface area contributed by atoms with Gasteiger partial charge in [0.05, 0.1) is 18.5 Å². The second-order valence-corrected chi connectivity index (χ2v) is 7.91. The van der Waals surface area contributed by atoms with E-state index in [2.05, 4.69) is 6.92 Å². The van der Waals surface area contributed by atoms with Crippen LogP contribution in [-0.2, 0) is 16.3 Å². The molecule has 4 nitrogen and oxygen atoms in total. The fourth-order valence-electron chi connectivity index (χ4n) is 3.09. The second kappa shape index (κ2) is 5.47. The maximum Gasteiger partial charge on any atom is 0.154 e. The summed E-state index contributed by atoms with van der Waals surface area (Å²) in [6.07, 6.45) is 0.923. The third kappa shape index (κ3) is 2.28. The van der Waals surface area contributed by atoms with Gasteiger partial charge in [0.15, 0.2) is 9.84 Å². The quantitative estimate of drug-likeness (QED) is 0.825. The van der Waals surface area contributed by atoms with Gasteiger partial charge in [-0.05, 0) is 17.5 Å². The van der Waals surface area contributed by atoms with Crippen LogP contribution in [0, 0.1) is 5.41 Å². The van der Waals surface area contributed by atoms with Crippen molar-refractivity contribution in [1.29, 1.82) is 0 Å². The lowest BCUT2D eigenvalue weighted by atomic mass is 9.99. The van der Waals surface area contributed by atoms with Crippen LogP contribution < -0.4 is 0 Å². The summed E-state index contributed by atoms with van der Waals surface area (Å²) in [7, 11) is -3.29. The summed E-state index contributed by atoms with van der Waals surface area (Å²) in [4.78, 5) is 0. The SMILES string of the molecule is CCc1ccc([C@@H]2[C@H](S(=O)(=O)CC)C2(CO)CO)cc1. The molecule has 1 aromatic carbocycles. The molecular weight excluding hydrogens is 276 g/mol. The molecule has 2 N–H and O–H groups in total. The Kier molecular flexibility index (Phi) is 4.23. The molecule has 0 bridgehead atoms. The molecule has 0 amide bonds. The highest BCUT2D eigenvalue weighted by atomic mass is 32.2. The van der Waals surface area contributed by atoms with Gasteiger partial charge in [-0.15, -0.1) is 0 Å². The van der Waals surface area contributed by atoms with Crippen molar-refractivity contribution < 1.29 is 18.6 Å². The number of sulfone groups is 1. The molecule has 20 heavy (non-hydrogen) atoms. The monoisotopic (exact) mass is 298 g/mol. The van der Waals surface area contributed by atoms with E-state index in [9.17, 15) is 18.6 Å². The van der Waals surface area contributed by atoms with Crippen molar-refractivity contribution in [3.8, 4) is 0 Å². The van der Waals surface area contributed by atoms with Gasteiger partial charge in [-0.2, -0.15) is 0 Å². The van der Waals surface area contributed by atoms with E-state index in [1.165, 1.54) is 5.56 Å². The van der Waals surface area contributed by atoms with Crippen LogP contribution in [0.5, 0.6) is 0 Å². The summed E-state index contributed by atoms with van der Waals surface area (Å²) < 4.78 is 24.4. The first-order valence-electron chi connectivity index (χ1n) is 6.99. The minimum Gasteiger partial charge on any atom is -0.396 e. The Bertz CT molecular complexity index is 558. The molecule has 0 heterocycles. The van der Waals surface area contributed by atoms with Crippen molar-refractivity contribution in [1.82, 2.24) is 0 Å². The van der Waals surface area contributed by atoms with E-state index in [0.29, 0.717) is 0 Å². The van der Waals surface area contributed by atoms with Crippen LogP contribution in [0.3, 0.4) is 0 Å². The molecule has 1 aliphatic carbocycles. The molecule has 2 atom stereocenters. The predicted octanol–water partition coefficient (Wildman–Crippen LogP) is 1.12. The maximum absolute atomic E-state index is 12.2. The Labute approximate surface area is 120 Å². The van der Waals surface area contributed by atoms with Gasteiger partial charge in [0, 0.05) is 17.1 Å². The van der Waals surface area contributed by atoms with E-state index < -0.39 is 20.5 Å².